The number of benzene rings is 1. The third-order valence-electron chi connectivity index (χ3n) is 5.01. The average molecular weight is 321 g/mol. The van der Waals surface area contributed by atoms with E-state index in [4.69, 9.17) is 0 Å². The Bertz CT molecular complexity index is 674. The Balaban J connectivity index is 1.84. The highest BCUT2D eigenvalue weighted by Gasteiger charge is 2.54. The molecular weight excluding hydrogens is 298 g/mol. The van der Waals surface area contributed by atoms with E-state index in [0.717, 1.165) is 18.4 Å². The van der Waals surface area contributed by atoms with Gasteiger partial charge in [-0.2, -0.15) is 0 Å². The molecule has 2 aliphatic rings. The van der Waals surface area contributed by atoms with Crippen LogP contribution in [-0.4, -0.2) is 43.3 Å². The lowest BCUT2D eigenvalue weighted by Gasteiger charge is -2.31. The maximum absolute atomic E-state index is 13.1. The van der Waals surface area contributed by atoms with E-state index in [1.165, 1.54) is 5.56 Å². The lowest BCUT2D eigenvalue weighted by atomic mass is 9.93. The van der Waals surface area contributed by atoms with Crippen LogP contribution in [0, 0.1) is 6.92 Å². The maximum Gasteiger partial charge on any atom is 0.233 e. The van der Waals surface area contributed by atoms with Gasteiger partial charge in [0.1, 0.15) is 0 Å². The van der Waals surface area contributed by atoms with Crippen LogP contribution >= 0.6 is 0 Å². The standard InChI is InChI=1S/C17H23NO3S/c1-3-18(15-8-11-22(20,21)12-15)16(19)17(9-10-17)14-6-4-13(2)5-7-14/h4-7,15H,3,8-12H2,1-2H3. The molecule has 5 heteroatoms. The maximum atomic E-state index is 13.1. The van der Waals surface area contributed by atoms with Crippen LogP contribution in [0.25, 0.3) is 0 Å². The average Bonchev–Trinajstić information content (AvgIpc) is 3.20. The van der Waals surface area contributed by atoms with Crippen molar-refractivity contribution in [2.24, 2.45) is 0 Å². The van der Waals surface area contributed by atoms with Gasteiger partial charge in [0.05, 0.1) is 16.9 Å². The number of sulfone groups is 1. The van der Waals surface area contributed by atoms with Gasteiger partial charge in [0.2, 0.25) is 5.91 Å². The van der Waals surface area contributed by atoms with Gasteiger partial charge in [0.15, 0.2) is 9.84 Å². The van der Waals surface area contributed by atoms with Crippen LogP contribution in [0.4, 0.5) is 0 Å². The summed E-state index contributed by atoms with van der Waals surface area (Å²) < 4.78 is 23.4. The minimum Gasteiger partial charge on any atom is -0.338 e. The van der Waals surface area contributed by atoms with Crippen LogP contribution in [0.5, 0.6) is 0 Å². The molecule has 4 nitrogen and oxygen atoms in total. The normalized spacial score (nSPS) is 24.9. The summed E-state index contributed by atoms with van der Waals surface area (Å²) in [5.41, 5.74) is 1.85. The molecule has 0 spiro atoms. The zero-order valence-electron chi connectivity index (χ0n) is 13.2. The molecule has 2 fully saturated rings. The molecule has 0 N–H and O–H groups in total. The molecule has 1 aliphatic carbocycles. The van der Waals surface area contributed by atoms with Crippen molar-refractivity contribution in [3.8, 4) is 0 Å². The summed E-state index contributed by atoms with van der Waals surface area (Å²) in [6.45, 7) is 4.55. The van der Waals surface area contributed by atoms with Crippen LogP contribution in [-0.2, 0) is 20.0 Å². The topological polar surface area (TPSA) is 54.5 Å². The van der Waals surface area contributed by atoms with E-state index in [0.29, 0.717) is 13.0 Å². The van der Waals surface area contributed by atoms with Gasteiger partial charge < -0.3 is 4.90 Å². The summed E-state index contributed by atoms with van der Waals surface area (Å²) in [5.74, 6) is 0.441. The largest absolute Gasteiger partial charge is 0.338 e. The van der Waals surface area contributed by atoms with Crippen molar-refractivity contribution in [1.82, 2.24) is 4.90 Å². The summed E-state index contributed by atoms with van der Waals surface area (Å²) in [4.78, 5) is 14.9. The van der Waals surface area contributed by atoms with Crippen molar-refractivity contribution >= 4 is 15.7 Å². The van der Waals surface area contributed by atoms with Crippen LogP contribution in [0.1, 0.15) is 37.3 Å². The van der Waals surface area contributed by atoms with E-state index in [9.17, 15) is 13.2 Å². The molecule has 0 radical (unpaired) electrons. The number of likely N-dealkylation sites (N-methyl/N-ethyl adjacent to an activating group) is 1. The highest BCUT2D eigenvalue weighted by molar-refractivity contribution is 7.91. The molecule has 1 saturated carbocycles. The first-order valence-electron chi connectivity index (χ1n) is 7.96. The molecule has 1 aromatic rings. The highest BCUT2D eigenvalue weighted by Crippen LogP contribution is 2.50. The van der Waals surface area contributed by atoms with Crippen molar-refractivity contribution in [2.45, 2.75) is 44.6 Å². The Hall–Kier alpha value is -1.36. The second kappa shape index (κ2) is 5.37. The smallest absolute Gasteiger partial charge is 0.233 e. The van der Waals surface area contributed by atoms with E-state index >= 15 is 0 Å². The van der Waals surface area contributed by atoms with E-state index in [1.54, 1.807) is 4.90 Å². The third-order valence-corrected chi connectivity index (χ3v) is 6.76. The molecule has 1 aliphatic heterocycles. The number of hydrogen-bond donors (Lipinski definition) is 0. The lowest BCUT2D eigenvalue weighted by molar-refractivity contribution is -0.135. The van der Waals surface area contributed by atoms with E-state index < -0.39 is 15.3 Å². The van der Waals surface area contributed by atoms with Gasteiger partial charge in [-0.25, -0.2) is 8.42 Å². The van der Waals surface area contributed by atoms with Crippen LogP contribution in [0.2, 0.25) is 0 Å². The number of nitrogens with zero attached hydrogens (tertiary/aromatic N) is 1. The number of carbonyl (C=O) groups is 1. The molecule has 1 unspecified atom stereocenters. The van der Waals surface area contributed by atoms with E-state index in [1.807, 2.05) is 38.1 Å². The fraction of sp³-hybridized carbons (Fsp3) is 0.588. The van der Waals surface area contributed by atoms with E-state index in [-0.39, 0.29) is 23.5 Å². The van der Waals surface area contributed by atoms with Crippen LogP contribution < -0.4 is 0 Å². The first kappa shape index (κ1) is 15.5. The van der Waals surface area contributed by atoms with Gasteiger partial charge in [0.25, 0.3) is 0 Å². The fourth-order valence-electron chi connectivity index (χ4n) is 3.49. The van der Waals surface area contributed by atoms with Crippen molar-refractivity contribution in [2.75, 3.05) is 18.1 Å². The first-order valence-corrected chi connectivity index (χ1v) is 9.79. The summed E-state index contributed by atoms with van der Waals surface area (Å²) in [7, 11) is -2.97. The number of amides is 1. The van der Waals surface area contributed by atoms with Crippen molar-refractivity contribution < 1.29 is 13.2 Å². The molecule has 120 valence electrons. The van der Waals surface area contributed by atoms with Gasteiger partial charge in [-0.1, -0.05) is 29.8 Å². The van der Waals surface area contributed by atoms with Gasteiger partial charge in [-0.15, -0.1) is 0 Å². The van der Waals surface area contributed by atoms with Crippen molar-refractivity contribution in [3.63, 3.8) is 0 Å². The number of rotatable bonds is 4. The molecule has 0 aromatic heterocycles. The van der Waals surface area contributed by atoms with E-state index in [2.05, 4.69) is 0 Å². The predicted molar refractivity (Wildman–Crippen MR) is 86.5 cm³/mol. The van der Waals surface area contributed by atoms with Gasteiger partial charge in [-0.05, 0) is 38.7 Å². The molecule has 0 bridgehead atoms. The second-order valence-corrected chi connectivity index (χ2v) is 8.82. The van der Waals surface area contributed by atoms with Crippen LogP contribution in [0.3, 0.4) is 0 Å². The fourth-order valence-corrected chi connectivity index (χ4v) is 5.22. The molecule has 1 heterocycles. The second-order valence-electron chi connectivity index (χ2n) is 6.60. The Morgan fingerprint density at radius 3 is 2.36 bits per heavy atom. The highest BCUT2D eigenvalue weighted by atomic mass is 32.2. The molecule has 1 atom stereocenters. The Morgan fingerprint density at radius 2 is 1.91 bits per heavy atom. The minimum absolute atomic E-state index is 0.112. The lowest BCUT2D eigenvalue weighted by Crippen LogP contribution is -2.46. The molecule has 22 heavy (non-hydrogen) atoms. The summed E-state index contributed by atoms with van der Waals surface area (Å²) in [5, 5.41) is 0. The third kappa shape index (κ3) is 2.67. The number of hydrogen-bond acceptors (Lipinski definition) is 3. The molecule has 1 amide bonds. The molecule has 3 rings (SSSR count). The predicted octanol–water partition coefficient (Wildman–Crippen LogP) is 2.06. The van der Waals surface area contributed by atoms with Gasteiger partial charge in [0, 0.05) is 12.6 Å². The van der Waals surface area contributed by atoms with Crippen LogP contribution in [0.15, 0.2) is 24.3 Å². The number of aryl methyl sites for hydroxylation is 1. The Labute approximate surface area is 132 Å². The Morgan fingerprint density at radius 1 is 1.27 bits per heavy atom. The summed E-state index contributed by atoms with van der Waals surface area (Å²) in [6, 6.07) is 8.02. The summed E-state index contributed by atoms with van der Waals surface area (Å²) >= 11 is 0. The zero-order valence-corrected chi connectivity index (χ0v) is 14.0. The molecule has 1 saturated heterocycles. The Kier molecular flexibility index (Phi) is 3.79. The molecular formula is C17H23NO3S. The van der Waals surface area contributed by atoms with Gasteiger partial charge >= 0.3 is 0 Å². The van der Waals surface area contributed by atoms with Crippen molar-refractivity contribution in [1.29, 1.82) is 0 Å². The molecule has 1 aromatic carbocycles. The monoisotopic (exact) mass is 321 g/mol. The first-order chi connectivity index (χ1) is 10.4. The quantitative estimate of drug-likeness (QED) is 0.853. The SMILES string of the molecule is CCN(C(=O)C1(c2ccc(C)cc2)CC1)C1CCS(=O)(=O)C1. The van der Waals surface area contributed by atoms with Crippen molar-refractivity contribution in [3.05, 3.63) is 35.4 Å². The number of carbonyl (C=O) groups excluding carboxylic acids is 1. The zero-order chi connectivity index (χ0) is 16.0. The van der Waals surface area contributed by atoms with Gasteiger partial charge in [-0.3, -0.25) is 4.79 Å². The summed E-state index contributed by atoms with van der Waals surface area (Å²) in [6.07, 6.45) is 2.31. The minimum atomic E-state index is -2.97.